The molecule has 0 aromatic heterocycles. The van der Waals surface area contributed by atoms with E-state index in [4.69, 9.17) is 10.1 Å². The molecule has 0 aromatic rings. The fraction of sp³-hybridized carbons (Fsp3) is 0.571. The second-order valence-electron chi connectivity index (χ2n) is 5.18. The van der Waals surface area contributed by atoms with Crippen LogP contribution in [-0.4, -0.2) is 41.1 Å². The molecule has 0 unspecified atom stereocenters. The molecule has 112 valence electrons. The van der Waals surface area contributed by atoms with E-state index in [1.165, 1.54) is 7.11 Å². The van der Waals surface area contributed by atoms with Gasteiger partial charge in [0.25, 0.3) is 5.91 Å². The molecule has 0 bridgehead atoms. The maximum absolute atomic E-state index is 11.8. The molecule has 0 aliphatic carbocycles. The second-order valence-corrected chi connectivity index (χ2v) is 5.18. The number of nitrogens with one attached hydrogen (secondary N) is 2. The minimum absolute atomic E-state index is 0.00347. The van der Waals surface area contributed by atoms with Gasteiger partial charge in [0, 0.05) is 13.5 Å². The maximum Gasteiger partial charge on any atom is 0.261 e. The standard InChI is InChI=1S/C14H22N2O4/c1-7(2)12-13(18)11(14(19)16-12)10(15)6-9(20-4)5-8(3)17/h8-9,15,17-18H,5-6H2,1-4H3,(H,16,19)/t8-,9+/m1/s1. The first-order chi connectivity index (χ1) is 9.27. The summed E-state index contributed by atoms with van der Waals surface area (Å²) >= 11 is 0. The summed E-state index contributed by atoms with van der Waals surface area (Å²) in [6.07, 6.45) is -0.402. The average molecular weight is 282 g/mol. The van der Waals surface area contributed by atoms with Gasteiger partial charge in [-0.1, -0.05) is 0 Å². The van der Waals surface area contributed by atoms with Crippen molar-refractivity contribution in [2.24, 2.45) is 0 Å². The molecule has 0 spiro atoms. The summed E-state index contributed by atoms with van der Waals surface area (Å²) in [4.78, 5) is 11.8. The van der Waals surface area contributed by atoms with Gasteiger partial charge in [0.05, 0.1) is 23.6 Å². The predicted molar refractivity (Wildman–Crippen MR) is 75.6 cm³/mol. The largest absolute Gasteiger partial charge is 0.505 e. The van der Waals surface area contributed by atoms with Crippen molar-refractivity contribution in [3.63, 3.8) is 0 Å². The summed E-state index contributed by atoms with van der Waals surface area (Å²) in [7, 11) is 1.49. The lowest BCUT2D eigenvalue weighted by Crippen LogP contribution is -2.25. The fourth-order valence-corrected chi connectivity index (χ4v) is 2.08. The maximum atomic E-state index is 11.8. The molecule has 0 fully saturated rings. The SMILES string of the molecule is CO[C@H](CC(=N)C1=C(O)C(=C(C)C)NC1=O)C[C@@H](C)O. The van der Waals surface area contributed by atoms with E-state index in [9.17, 15) is 15.0 Å². The number of carbonyl (C=O) groups excluding carboxylic acids is 1. The number of rotatable bonds is 6. The molecule has 6 nitrogen and oxygen atoms in total. The van der Waals surface area contributed by atoms with Gasteiger partial charge >= 0.3 is 0 Å². The lowest BCUT2D eigenvalue weighted by Gasteiger charge is -2.17. The lowest BCUT2D eigenvalue weighted by molar-refractivity contribution is -0.115. The third-order valence-electron chi connectivity index (χ3n) is 3.11. The Hall–Kier alpha value is -1.66. The Balaban J connectivity index is 2.91. The van der Waals surface area contributed by atoms with Gasteiger partial charge in [0.1, 0.15) is 5.57 Å². The molecule has 2 atom stereocenters. The molecule has 1 amide bonds. The van der Waals surface area contributed by atoms with Gasteiger partial charge in [-0.3, -0.25) is 4.79 Å². The highest BCUT2D eigenvalue weighted by Gasteiger charge is 2.31. The Bertz CT molecular complexity index is 474. The van der Waals surface area contributed by atoms with E-state index in [-0.39, 0.29) is 29.6 Å². The first-order valence-corrected chi connectivity index (χ1v) is 6.49. The number of ether oxygens (including phenoxy) is 1. The Morgan fingerprint density at radius 2 is 2.05 bits per heavy atom. The summed E-state index contributed by atoms with van der Waals surface area (Å²) < 4.78 is 5.19. The van der Waals surface area contributed by atoms with Crippen LogP contribution >= 0.6 is 0 Å². The highest BCUT2D eigenvalue weighted by Crippen LogP contribution is 2.24. The number of aliphatic hydroxyl groups is 2. The van der Waals surface area contributed by atoms with Crippen LogP contribution in [0.25, 0.3) is 0 Å². The zero-order chi connectivity index (χ0) is 15.4. The molecular weight excluding hydrogens is 260 g/mol. The molecule has 1 rings (SSSR count). The molecule has 0 radical (unpaired) electrons. The van der Waals surface area contributed by atoms with Crippen molar-refractivity contribution in [3.05, 3.63) is 22.6 Å². The van der Waals surface area contributed by atoms with Crippen LogP contribution in [0, 0.1) is 5.41 Å². The molecule has 1 aliphatic heterocycles. The first-order valence-electron chi connectivity index (χ1n) is 6.49. The van der Waals surface area contributed by atoms with Crippen LogP contribution in [-0.2, 0) is 9.53 Å². The highest BCUT2D eigenvalue weighted by molar-refractivity contribution is 6.23. The van der Waals surface area contributed by atoms with Gasteiger partial charge in [-0.25, -0.2) is 0 Å². The van der Waals surface area contributed by atoms with Crippen LogP contribution < -0.4 is 5.32 Å². The van der Waals surface area contributed by atoms with Gasteiger partial charge in [-0.2, -0.15) is 0 Å². The van der Waals surface area contributed by atoms with Crippen LogP contribution in [0.4, 0.5) is 0 Å². The van der Waals surface area contributed by atoms with Gasteiger partial charge < -0.3 is 25.7 Å². The Morgan fingerprint density at radius 1 is 1.45 bits per heavy atom. The topological polar surface area (TPSA) is 103 Å². The molecule has 1 heterocycles. The molecule has 6 heteroatoms. The van der Waals surface area contributed by atoms with Crippen LogP contribution in [0.2, 0.25) is 0 Å². The van der Waals surface area contributed by atoms with Gasteiger partial charge in [-0.05, 0) is 32.8 Å². The van der Waals surface area contributed by atoms with Crippen LogP contribution in [0.3, 0.4) is 0 Å². The normalized spacial score (nSPS) is 18.1. The van der Waals surface area contributed by atoms with Crippen LogP contribution in [0.5, 0.6) is 0 Å². The van der Waals surface area contributed by atoms with Crippen molar-refractivity contribution in [2.75, 3.05) is 7.11 Å². The minimum Gasteiger partial charge on any atom is -0.505 e. The summed E-state index contributed by atoms with van der Waals surface area (Å²) in [5.74, 6) is -0.664. The molecule has 0 aromatic carbocycles. The van der Waals surface area contributed by atoms with E-state index in [1.807, 2.05) is 0 Å². The summed E-state index contributed by atoms with van der Waals surface area (Å²) in [6.45, 7) is 5.17. The molecule has 1 aliphatic rings. The van der Waals surface area contributed by atoms with Crippen LogP contribution in [0.15, 0.2) is 22.6 Å². The molecule has 20 heavy (non-hydrogen) atoms. The fourth-order valence-electron chi connectivity index (χ4n) is 2.08. The summed E-state index contributed by atoms with van der Waals surface area (Å²) in [5, 5.41) is 29.9. The average Bonchev–Trinajstić information content (AvgIpc) is 2.63. The number of aliphatic hydroxyl groups excluding tert-OH is 2. The van der Waals surface area contributed by atoms with Crippen molar-refractivity contribution in [3.8, 4) is 0 Å². The number of hydrogen-bond donors (Lipinski definition) is 4. The third kappa shape index (κ3) is 3.68. The van der Waals surface area contributed by atoms with Gasteiger partial charge in [0.15, 0.2) is 5.76 Å². The molecule has 0 saturated carbocycles. The monoisotopic (exact) mass is 282 g/mol. The quantitative estimate of drug-likeness (QED) is 0.553. The smallest absolute Gasteiger partial charge is 0.261 e. The number of methoxy groups -OCH3 is 1. The van der Waals surface area contributed by atoms with E-state index in [0.29, 0.717) is 12.1 Å². The van der Waals surface area contributed by atoms with Crippen molar-refractivity contribution in [2.45, 2.75) is 45.8 Å². The van der Waals surface area contributed by atoms with Crippen LogP contribution in [0.1, 0.15) is 33.6 Å². The predicted octanol–water partition coefficient (Wildman–Crippen LogP) is 1.42. The van der Waals surface area contributed by atoms with Gasteiger partial charge in [0.2, 0.25) is 0 Å². The number of carbonyl (C=O) groups is 1. The first kappa shape index (κ1) is 16.4. The zero-order valence-electron chi connectivity index (χ0n) is 12.3. The van der Waals surface area contributed by atoms with Crippen molar-refractivity contribution in [1.29, 1.82) is 5.41 Å². The summed E-state index contributed by atoms with van der Waals surface area (Å²) in [5.41, 5.74) is 1.11. The molecule has 4 N–H and O–H groups in total. The number of amides is 1. The second kappa shape index (κ2) is 6.67. The highest BCUT2D eigenvalue weighted by atomic mass is 16.5. The van der Waals surface area contributed by atoms with E-state index in [1.54, 1.807) is 20.8 Å². The Labute approximate surface area is 118 Å². The lowest BCUT2D eigenvalue weighted by atomic mass is 10.0. The third-order valence-corrected chi connectivity index (χ3v) is 3.11. The molecule has 0 saturated heterocycles. The molecular formula is C14H22N2O4. The van der Waals surface area contributed by atoms with E-state index >= 15 is 0 Å². The van der Waals surface area contributed by atoms with Gasteiger partial charge in [-0.15, -0.1) is 0 Å². The minimum atomic E-state index is -0.555. The van der Waals surface area contributed by atoms with Crippen molar-refractivity contribution < 1.29 is 19.7 Å². The van der Waals surface area contributed by atoms with E-state index < -0.39 is 12.0 Å². The summed E-state index contributed by atoms with van der Waals surface area (Å²) in [6, 6.07) is 0. The Morgan fingerprint density at radius 3 is 2.45 bits per heavy atom. The Kier molecular flexibility index (Phi) is 5.47. The van der Waals surface area contributed by atoms with E-state index in [2.05, 4.69) is 5.32 Å². The number of allylic oxidation sites excluding steroid dienone is 1. The van der Waals surface area contributed by atoms with Crippen molar-refractivity contribution >= 4 is 11.6 Å². The van der Waals surface area contributed by atoms with E-state index in [0.717, 1.165) is 5.57 Å². The zero-order valence-corrected chi connectivity index (χ0v) is 12.3. The number of hydrogen-bond acceptors (Lipinski definition) is 5. The van der Waals surface area contributed by atoms with Crippen molar-refractivity contribution in [1.82, 2.24) is 5.32 Å².